The van der Waals surface area contributed by atoms with Gasteiger partial charge < -0.3 is 14.6 Å². The van der Waals surface area contributed by atoms with E-state index in [1.54, 1.807) is 6.08 Å². The number of ketones is 1. The van der Waals surface area contributed by atoms with Crippen LogP contribution in [0.2, 0.25) is 0 Å². The number of aliphatic hydroxyl groups excluding tert-OH is 1. The first-order chi connectivity index (χ1) is 11.2. The molecule has 3 fully saturated rings. The molecule has 0 aromatic carbocycles. The van der Waals surface area contributed by atoms with Crippen LogP contribution in [0.3, 0.4) is 0 Å². The molecule has 4 bridgehead atoms. The molecule has 2 spiro atoms. The molecular formula is C19H22O5. The Morgan fingerprint density at radius 1 is 1.21 bits per heavy atom. The van der Waals surface area contributed by atoms with Crippen LogP contribution in [-0.2, 0) is 19.1 Å². The first kappa shape index (κ1) is 14.8. The van der Waals surface area contributed by atoms with Gasteiger partial charge in [0.25, 0.3) is 0 Å². The predicted octanol–water partition coefficient (Wildman–Crippen LogP) is 1.41. The largest absolute Gasteiger partial charge is 0.463 e. The standard InChI is InChI=1S/C19H22O5/c1-10-11-4-7-18(13(10)21)17-9-23-15(22)19(18,8-11)24-14(17)16(2,3)6-5-12(17)20/h4-7,10-12,14,20H,8-9H2,1-3H3/t10-,11?,12-,14+,17?,18?,19-/m0/s1. The van der Waals surface area contributed by atoms with Gasteiger partial charge in [0.05, 0.1) is 17.6 Å². The summed E-state index contributed by atoms with van der Waals surface area (Å²) < 4.78 is 12.0. The van der Waals surface area contributed by atoms with Crippen LogP contribution in [0.25, 0.3) is 0 Å². The molecule has 5 heteroatoms. The Labute approximate surface area is 140 Å². The maximum atomic E-state index is 13.5. The third-order valence-electron chi connectivity index (χ3n) is 7.40. The van der Waals surface area contributed by atoms with E-state index in [-0.39, 0.29) is 24.2 Å². The molecule has 0 aromatic rings. The molecule has 2 saturated heterocycles. The third kappa shape index (κ3) is 1.15. The van der Waals surface area contributed by atoms with Gasteiger partial charge in [-0.15, -0.1) is 0 Å². The summed E-state index contributed by atoms with van der Waals surface area (Å²) in [6, 6.07) is 0. The van der Waals surface area contributed by atoms with Gasteiger partial charge in [0.2, 0.25) is 0 Å². The Morgan fingerprint density at radius 3 is 2.71 bits per heavy atom. The number of cyclic esters (lactones) is 1. The normalized spacial score (nSPS) is 56.0. The van der Waals surface area contributed by atoms with Crippen LogP contribution in [0.1, 0.15) is 27.2 Å². The van der Waals surface area contributed by atoms with Gasteiger partial charge in [0, 0.05) is 11.3 Å². The van der Waals surface area contributed by atoms with Crippen molar-refractivity contribution in [3.8, 4) is 0 Å². The maximum Gasteiger partial charge on any atom is 0.339 e. The molecule has 0 aromatic heterocycles. The number of hydrogen-bond acceptors (Lipinski definition) is 5. The molecule has 24 heavy (non-hydrogen) atoms. The predicted molar refractivity (Wildman–Crippen MR) is 83.8 cm³/mol. The summed E-state index contributed by atoms with van der Waals surface area (Å²) in [5.74, 6) is -0.615. The van der Waals surface area contributed by atoms with Gasteiger partial charge in [0.15, 0.2) is 11.4 Å². The molecule has 0 radical (unpaired) electrons. The summed E-state index contributed by atoms with van der Waals surface area (Å²) in [5, 5.41) is 11.0. The number of fused-ring (bicyclic) bond motifs is 1. The van der Waals surface area contributed by atoms with E-state index >= 15 is 0 Å². The molecule has 3 unspecified atom stereocenters. The summed E-state index contributed by atoms with van der Waals surface area (Å²) in [6.07, 6.45) is 6.72. The highest BCUT2D eigenvalue weighted by Crippen LogP contribution is 2.74. The monoisotopic (exact) mass is 330 g/mol. The van der Waals surface area contributed by atoms with Crippen molar-refractivity contribution in [2.45, 2.75) is 45.0 Å². The number of aliphatic hydroxyl groups is 1. The molecule has 7 atom stereocenters. The minimum absolute atomic E-state index is 0.0145. The highest BCUT2D eigenvalue weighted by molar-refractivity contribution is 6.02. The Hall–Kier alpha value is -1.46. The van der Waals surface area contributed by atoms with Gasteiger partial charge in [-0.1, -0.05) is 45.1 Å². The minimum Gasteiger partial charge on any atom is -0.463 e. The zero-order valence-electron chi connectivity index (χ0n) is 14.1. The van der Waals surface area contributed by atoms with Gasteiger partial charge in [0.1, 0.15) is 12.0 Å². The lowest BCUT2D eigenvalue weighted by atomic mass is 9.40. The van der Waals surface area contributed by atoms with Gasteiger partial charge in [-0.2, -0.15) is 0 Å². The number of allylic oxidation sites excluding steroid dienone is 1. The zero-order chi connectivity index (χ0) is 17.1. The van der Waals surface area contributed by atoms with Gasteiger partial charge in [-0.05, 0) is 12.3 Å². The van der Waals surface area contributed by atoms with Crippen LogP contribution in [0.4, 0.5) is 0 Å². The highest BCUT2D eigenvalue weighted by Gasteiger charge is 2.87. The SMILES string of the molecule is C[C@@H]1C(=O)C23C=CC1C[C@@]21O[C@@H]2C(C)(C)C=C[C@H](O)C23COC1=O. The Balaban J connectivity index is 1.88. The molecule has 6 rings (SSSR count). The van der Waals surface area contributed by atoms with Crippen LogP contribution in [0.15, 0.2) is 24.3 Å². The fourth-order valence-electron chi connectivity index (χ4n) is 6.23. The number of rotatable bonds is 0. The third-order valence-corrected chi connectivity index (χ3v) is 7.40. The molecule has 2 aliphatic heterocycles. The van der Waals surface area contributed by atoms with E-state index in [0.29, 0.717) is 6.42 Å². The molecular weight excluding hydrogens is 308 g/mol. The Bertz CT molecular complexity index is 736. The minimum atomic E-state index is -1.29. The van der Waals surface area contributed by atoms with Crippen LogP contribution >= 0.6 is 0 Å². The second-order valence-corrected chi connectivity index (χ2v) is 8.75. The smallest absolute Gasteiger partial charge is 0.339 e. The lowest BCUT2D eigenvalue weighted by molar-refractivity contribution is -0.210. The summed E-state index contributed by atoms with van der Waals surface area (Å²) in [4.78, 5) is 26.3. The second-order valence-electron chi connectivity index (χ2n) is 8.75. The van der Waals surface area contributed by atoms with Crippen molar-refractivity contribution in [3.05, 3.63) is 24.3 Å². The molecule has 1 N–H and O–H groups in total. The van der Waals surface area contributed by atoms with Gasteiger partial charge >= 0.3 is 5.97 Å². The second kappa shape index (κ2) is 3.86. The van der Waals surface area contributed by atoms with Crippen LogP contribution in [0, 0.1) is 28.1 Å². The summed E-state index contributed by atoms with van der Waals surface area (Å²) in [7, 11) is 0. The number of carbonyl (C=O) groups excluding carboxylic acids is 2. The van der Waals surface area contributed by atoms with Crippen LogP contribution in [-0.4, -0.2) is 41.3 Å². The molecule has 0 amide bonds. The number of Topliss-reactive ketones (excluding diaryl/α,β-unsaturated/α-hetero) is 1. The summed E-state index contributed by atoms with van der Waals surface area (Å²) in [6.45, 7) is 5.99. The van der Waals surface area contributed by atoms with E-state index in [1.165, 1.54) is 0 Å². The first-order valence-corrected chi connectivity index (χ1v) is 8.69. The number of hydrogen-bond donors (Lipinski definition) is 1. The molecule has 128 valence electrons. The van der Waals surface area contributed by atoms with Crippen molar-refractivity contribution in [2.75, 3.05) is 6.61 Å². The van der Waals surface area contributed by atoms with Crippen molar-refractivity contribution in [2.24, 2.45) is 28.1 Å². The Kier molecular flexibility index (Phi) is 2.39. The van der Waals surface area contributed by atoms with Gasteiger partial charge in [-0.3, -0.25) is 4.79 Å². The van der Waals surface area contributed by atoms with E-state index in [1.807, 2.05) is 32.9 Å². The maximum absolute atomic E-state index is 13.5. The lowest BCUT2D eigenvalue weighted by Gasteiger charge is -2.60. The molecule has 6 aliphatic rings. The topological polar surface area (TPSA) is 72.8 Å². The molecule has 1 saturated carbocycles. The van der Waals surface area contributed by atoms with Crippen molar-refractivity contribution in [1.82, 2.24) is 0 Å². The van der Waals surface area contributed by atoms with Gasteiger partial charge in [-0.25, -0.2) is 4.79 Å². The van der Waals surface area contributed by atoms with Crippen molar-refractivity contribution in [1.29, 1.82) is 0 Å². The van der Waals surface area contributed by atoms with E-state index in [0.717, 1.165) is 0 Å². The number of carbonyl (C=O) groups is 2. The molecule has 5 nitrogen and oxygen atoms in total. The quantitative estimate of drug-likeness (QED) is 0.537. The van der Waals surface area contributed by atoms with Crippen LogP contribution in [0.5, 0.6) is 0 Å². The average molecular weight is 330 g/mol. The molecule has 2 heterocycles. The van der Waals surface area contributed by atoms with Crippen molar-refractivity contribution < 1.29 is 24.2 Å². The van der Waals surface area contributed by atoms with E-state index in [9.17, 15) is 14.7 Å². The van der Waals surface area contributed by atoms with E-state index in [2.05, 4.69) is 6.08 Å². The molecule has 4 aliphatic carbocycles. The van der Waals surface area contributed by atoms with Crippen molar-refractivity contribution in [3.63, 3.8) is 0 Å². The number of ether oxygens (including phenoxy) is 2. The fraction of sp³-hybridized carbons (Fsp3) is 0.684. The fourth-order valence-corrected chi connectivity index (χ4v) is 6.23. The first-order valence-electron chi connectivity index (χ1n) is 8.69. The lowest BCUT2D eigenvalue weighted by Crippen LogP contribution is -2.74. The highest BCUT2D eigenvalue weighted by atomic mass is 16.6. The van der Waals surface area contributed by atoms with Crippen molar-refractivity contribution >= 4 is 11.8 Å². The average Bonchev–Trinajstić information content (AvgIpc) is 2.76. The van der Waals surface area contributed by atoms with E-state index in [4.69, 9.17) is 9.47 Å². The van der Waals surface area contributed by atoms with E-state index < -0.39 is 40.0 Å². The zero-order valence-corrected chi connectivity index (χ0v) is 14.1. The number of esters is 1. The summed E-state index contributed by atoms with van der Waals surface area (Å²) >= 11 is 0. The summed E-state index contributed by atoms with van der Waals surface area (Å²) in [5.41, 5.74) is -3.77. The van der Waals surface area contributed by atoms with Crippen LogP contribution < -0.4 is 0 Å². The Morgan fingerprint density at radius 2 is 1.96 bits per heavy atom.